The summed E-state index contributed by atoms with van der Waals surface area (Å²) in [5.41, 5.74) is 12.9. The van der Waals surface area contributed by atoms with E-state index < -0.39 is 0 Å². The fraction of sp³-hybridized carbons (Fsp3) is 0.407. The maximum absolute atomic E-state index is 5.86. The Balaban J connectivity index is 1.45. The van der Waals surface area contributed by atoms with Crippen molar-refractivity contribution in [3.63, 3.8) is 0 Å². The fourth-order valence-electron chi connectivity index (χ4n) is 5.03. The van der Waals surface area contributed by atoms with Crippen LogP contribution in [0.5, 0.6) is 0 Å². The van der Waals surface area contributed by atoms with Crippen molar-refractivity contribution in [2.45, 2.75) is 32.4 Å². The van der Waals surface area contributed by atoms with Crippen LogP contribution in [-0.4, -0.2) is 80.6 Å². The van der Waals surface area contributed by atoms with Gasteiger partial charge in [0.05, 0.1) is 29.7 Å². The van der Waals surface area contributed by atoms with Gasteiger partial charge in [0.15, 0.2) is 5.82 Å². The lowest BCUT2D eigenvalue weighted by atomic mass is 9.87. The van der Waals surface area contributed by atoms with Gasteiger partial charge in [-0.15, -0.1) is 0 Å². The highest BCUT2D eigenvalue weighted by molar-refractivity contribution is 6.12. The zero-order valence-corrected chi connectivity index (χ0v) is 22.6. The Labute approximate surface area is 222 Å². The van der Waals surface area contributed by atoms with E-state index in [1.54, 1.807) is 19.5 Å². The molecule has 2 atom stereocenters. The van der Waals surface area contributed by atoms with Crippen molar-refractivity contribution in [2.75, 3.05) is 33.0 Å². The Kier molecular flexibility index (Phi) is 7.19. The molecule has 0 aromatic carbocycles. The highest BCUT2D eigenvalue weighted by Crippen LogP contribution is 2.39. The average molecular weight is 514 g/mol. The van der Waals surface area contributed by atoms with E-state index in [1.165, 1.54) is 0 Å². The van der Waals surface area contributed by atoms with E-state index in [4.69, 9.17) is 20.8 Å². The van der Waals surface area contributed by atoms with Gasteiger partial charge in [0.2, 0.25) is 5.95 Å². The molecule has 3 aromatic heterocycles. The van der Waals surface area contributed by atoms with Crippen molar-refractivity contribution in [2.24, 2.45) is 28.7 Å². The Morgan fingerprint density at radius 1 is 1.29 bits per heavy atom. The summed E-state index contributed by atoms with van der Waals surface area (Å²) in [4.78, 5) is 20.6. The largest absolute Gasteiger partial charge is 0.404 e. The molecule has 198 valence electrons. The second-order valence-electron chi connectivity index (χ2n) is 10.0. The number of nitrogens with zero attached hydrogens (tertiary/aromatic N) is 9. The second-order valence-corrected chi connectivity index (χ2v) is 10.0. The predicted molar refractivity (Wildman–Crippen MR) is 152 cm³/mol. The molecule has 3 aromatic rings. The summed E-state index contributed by atoms with van der Waals surface area (Å²) in [7, 11) is 7.82. The third-order valence-electron chi connectivity index (χ3n) is 6.91. The third kappa shape index (κ3) is 5.01. The normalized spacial score (nSPS) is 19.1. The molecule has 11 nitrogen and oxygen atoms in total. The number of anilines is 2. The number of dihydropyridines is 1. The molecule has 0 bridgehead atoms. The molecule has 11 heteroatoms. The van der Waals surface area contributed by atoms with Gasteiger partial charge in [0, 0.05) is 80.4 Å². The molecule has 1 aliphatic heterocycles. The highest BCUT2D eigenvalue weighted by atomic mass is 15.3. The molecule has 2 aliphatic rings. The number of aryl methyl sites for hydroxylation is 3. The molecule has 0 fully saturated rings. The zero-order valence-electron chi connectivity index (χ0n) is 22.6. The molecule has 4 heterocycles. The quantitative estimate of drug-likeness (QED) is 0.443. The molecule has 3 N–H and O–H groups in total. The lowest BCUT2D eigenvalue weighted by molar-refractivity contribution is 0.373. The first kappa shape index (κ1) is 25.5. The summed E-state index contributed by atoms with van der Waals surface area (Å²) in [6.45, 7) is 3.87. The third-order valence-corrected chi connectivity index (χ3v) is 6.91. The average Bonchev–Trinajstić information content (AvgIpc) is 3.49. The monoisotopic (exact) mass is 513 g/mol. The van der Waals surface area contributed by atoms with Crippen LogP contribution < -0.4 is 11.1 Å². The maximum atomic E-state index is 5.86. The van der Waals surface area contributed by atoms with Gasteiger partial charge in [-0.25, -0.2) is 9.97 Å². The van der Waals surface area contributed by atoms with Gasteiger partial charge in [-0.05, 0) is 32.5 Å². The molecule has 38 heavy (non-hydrogen) atoms. The van der Waals surface area contributed by atoms with E-state index >= 15 is 0 Å². The van der Waals surface area contributed by atoms with E-state index in [2.05, 4.69) is 52.4 Å². The number of aliphatic imine (C=N–C) groups is 2. The van der Waals surface area contributed by atoms with Crippen molar-refractivity contribution in [1.82, 2.24) is 34.4 Å². The smallest absolute Gasteiger partial charge is 0.228 e. The minimum atomic E-state index is -0.0700. The number of hydrogen-bond acceptors (Lipinski definition) is 9. The lowest BCUT2D eigenvalue weighted by Crippen LogP contribution is -2.23. The van der Waals surface area contributed by atoms with E-state index in [1.807, 2.05) is 41.1 Å². The van der Waals surface area contributed by atoms with Crippen LogP contribution in [0.15, 0.2) is 46.3 Å². The standard InChI is InChI=1S/C27H35N11/c1-17-12-19(16-30-24(17)20(13-28)14-29-2)26-23-21(34-37(26)5)7-6-18-15-31-27(33-25(18)23)32-22-8-9-38(35-22)11-10-36(3)4/h8-9,12-17,24H,6-7,10-11,28H2,1-5H3,(H,31,32,33,35). The molecule has 0 saturated carbocycles. The lowest BCUT2D eigenvalue weighted by Gasteiger charge is -2.24. The molecular formula is C27H35N11. The molecule has 0 spiro atoms. The number of hydrogen-bond donors (Lipinski definition) is 2. The first-order valence-electron chi connectivity index (χ1n) is 12.8. The summed E-state index contributed by atoms with van der Waals surface area (Å²) in [5.74, 6) is 1.37. The van der Waals surface area contributed by atoms with Crippen LogP contribution in [0.4, 0.5) is 11.8 Å². The number of likely N-dealkylation sites (N-methyl/N-ethyl adjacent to an activating group) is 1. The SMILES string of the molecule is CN=CC(=CN)C1N=CC(c2c3c(nn2C)CCc2cnc(Nc4ccn(CCN(C)C)n4)nc2-3)=CC1C. The summed E-state index contributed by atoms with van der Waals surface area (Å²) >= 11 is 0. The minimum Gasteiger partial charge on any atom is -0.404 e. The Bertz CT molecular complexity index is 1440. The van der Waals surface area contributed by atoms with Gasteiger partial charge in [-0.3, -0.25) is 19.3 Å². The Morgan fingerprint density at radius 3 is 2.87 bits per heavy atom. The first-order valence-corrected chi connectivity index (χ1v) is 12.8. The first-order chi connectivity index (χ1) is 18.4. The van der Waals surface area contributed by atoms with Crippen molar-refractivity contribution in [1.29, 1.82) is 0 Å². The summed E-state index contributed by atoms with van der Waals surface area (Å²) in [6, 6.07) is 1.87. The minimum absolute atomic E-state index is 0.0700. The van der Waals surface area contributed by atoms with E-state index in [9.17, 15) is 0 Å². The van der Waals surface area contributed by atoms with Gasteiger partial charge in [0.25, 0.3) is 0 Å². The van der Waals surface area contributed by atoms with Gasteiger partial charge in [-0.2, -0.15) is 10.2 Å². The maximum Gasteiger partial charge on any atom is 0.228 e. The Morgan fingerprint density at radius 2 is 2.13 bits per heavy atom. The van der Waals surface area contributed by atoms with Crippen LogP contribution in [0, 0.1) is 5.92 Å². The van der Waals surface area contributed by atoms with E-state index in [-0.39, 0.29) is 12.0 Å². The van der Waals surface area contributed by atoms with Crippen LogP contribution in [0.25, 0.3) is 16.8 Å². The molecule has 0 amide bonds. The van der Waals surface area contributed by atoms with Crippen LogP contribution >= 0.6 is 0 Å². The zero-order chi connectivity index (χ0) is 26.8. The van der Waals surface area contributed by atoms with Crippen molar-refractivity contribution < 1.29 is 0 Å². The van der Waals surface area contributed by atoms with E-state index in [0.717, 1.165) is 65.3 Å². The molecule has 2 unspecified atom stereocenters. The molecule has 1 aliphatic carbocycles. The fourth-order valence-corrected chi connectivity index (χ4v) is 5.03. The summed E-state index contributed by atoms with van der Waals surface area (Å²) in [5, 5.41) is 12.8. The molecular weight excluding hydrogens is 478 g/mol. The van der Waals surface area contributed by atoms with Crippen molar-refractivity contribution in [3.05, 3.63) is 53.3 Å². The second kappa shape index (κ2) is 10.7. The van der Waals surface area contributed by atoms with E-state index in [0.29, 0.717) is 11.8 Å². The van der Waals surface area contributed by atoms with Crippen LogP contribution in [0.1, 0.15) is 23.9 Å². The number of nitrogens with two attached hydrogens (primary N) is 1. The molecule has 0 saturated heterocycles. The Hall–Kier alpha value is -4.12. The van der Waals surface area contributed by atoms with Crippen molar-refractivity contribution in [3.8, 4) is 11.3 Å². The molecule has 0 radical (unpaired) electrons. The topological polar surface area (TPSA) is 127 Å². The number of fused-ring (bicyclic) bond motifs is 3. The summed E-state index contributed by atoms with van der Waals surface area (Å²) < 4.78 is 3.86. The van der Waals surface area contributed by atoms with Gasteiger partial charge in [0.1, 0.15) is 0 Å². The number of aromatic nitrogens is 6. The van der Waals surface area contributed by atoms with Crippen LogP contribution in [0.2, 0.25) is 0 Å². The van der Waals surface area contributed by atoms with Gasteiger partial charge >= 0.3 is 0 Å². The van der Waals surface area contributed by atoms with Crippen LogP contribution in [0.3, 0.4) is 0 Å². The van der Waals surface area contributed by atoms with Gasteiger partial charge < -0.3 is 16.0 Å². The number of allylic oxidation sites excluding steroid dienone is 1. The van der Waals surface area contributed by atoms with Crippen LogP contribution in [-0.2, 0) is 26.4 Å². The number of nitrogens with one attached hydrogen (secondary N) is 1. The van der Waals surface area contributed by atoms with Crippen molar-refractivity contribution >= 4 is 29.8 Å². The highest BCUT2D eigenvalue weighted by Gasteiger charge is 2.30. The summed E-state index contributed by atoms with van der Waals surface area (Å²) in [6.07, 6.45) is 13.1. The van der Waals surface area contributed by atoms with Gasteiger partial charge in [-0.1, -0.05) is 13.0 Å². The number of rotatable bonds is 8. The molecule has 5 rings (SSSR count). The predicted octanol–water partition coefficient (Wildman–Crippen LogP) is 2.49.